The first-order valence-electron chi connectivity index (χ1n) is 7.58. The zero-order chi connectivity index (χ0) is 16.1. The lowest BCUT2D eigenvalue weighted by Gasteiger charge is -2.13. The minimum absolute atomic E-state index is 0.954. The van der Waals surface area contributed by atoms with Gasteiger partial charge in [0.15, 0.2) is 0 Å². The van der Waals surface area contributed by atoms with Gasteiger partial charge in [-0.25, -0.2) is 4.99 Å². The van der Waals surface area contributed by atoms with Crippen LogP contribution in [-0.2, 0) is 6.42 Å². The molecule has 0 bridgehead atoms. The third kappa shape index (κ3) is 4.44. The Morgan fingerprint density at radius 2 is 1.82 bits per heavy atom. The van der Waals surface area contributed by atoms with Gasteiger partial charge in [-0.3, -0.25) is 0 Å². The van der Waals surface area contributed by atoms with Gasteiger partial charge in [-0.15, -0.1) is 0 Å². The predicted molar refractivity (Wildman–Crippen MR) is 99.3 cm³/mol. The van der Waals surface area contributed by atoms with Crippen molar-refractivity contribution < 1.29 is 0 Å². The van der Waals surface area contributed by atoms with Crippen LogP contribution >= 0.6 is 15.9 Å². The van der Waals surface area contributed by atoms with Crippen molar-refractivity contribution in [3.05, 3.63) is 63.1 Å². The molecule has 0 spiro atoms. The van der Waals surface area contributed by atoms with Crippen molar-refractivity contribution in [1.82, 2.24) is 4.90 Å². The first-order chi connectivity index (χ1) is 10.5. The molecule has 3 heteroatoms. The Bertz CT molecular complexity index is 654. The number of rotatable bonds is 5. The van der Waals surface area contributed by atoms with Crippen LogP contribution < -0.4 is 0 Å². The van der Waals surface area contributed by atoms with Crippen LogP contribution in [0.5, 0.6) is 0 Å². The second kappa shape index (κ2) is 7.59. The molecule has 0 aliphatic heterocycles. The monoisotopic (exact) mass is 358 g/mol. The Kier molecular flexibility index (Phi) is 5.78. The Labute approximate surface area is 142 Å². The lowest BCUT2D eigenvalue weighted by atomic mass is 9.95. The SMILES string of the molecule is CCN(C)C=Nc1cc(C)c(Cc2cccc(Br)c2)c(C)c1. The van der Waals surface area contributed by atoms with Gasteiger partial charge in [0.05, 0.1) is 12.0 Å². The molecular weight excluding hydrogens is 336 g/mol. The van der Waals surface area contributed by atoms with E-state index in [4.69, 9.17) is 0 Å². The lowest BCUT2D eigenvalue weighted by molar-refractivity contribution is 0.552. The summed E-state index contributed by atoms with van der Waals surface area (Å²) in [5.74, 6) is 0. The standard InChI is InChI=1S/C19H23BrN2/c1-5-22(4)13-21-18-9-14(2)19(15(3)10-18)12-16-7-6-8-17(20)11-16/h6-11,13H,5,12H2,1-4H3. The molecule has 0 N–H and O–H groups in total. The van der Waals surface area contributed by atoms with Gasteiger partial charge in [-0.1, -0.05) is 28.1 Å². The molecule has 0 saturated heterocycles. The van der Waals surface area contributed by atoms with E-state index in [0.717, 1.165) is 23.1 Å². The minimum atomic E-state index is 0.954. The van der Waals surface area contributed by atoms with E-state index < -0.39 is 0 Å². The highest BCUT2D eigenvalue weighted by molar-refractivity contribution is 9.10. The highest BCUT2D eigenvalue weighted by Crippen LogP contribution is 2.25. The van der Waals surface area contributed by atoms with Gasteiger partial charge in [0.2, 0.25) is 0 Å². The second-order valence-corrected chi connectivity index (χ2v) is 6.60. The van der Waals surface area contributed by atoms with Gasteiger partial charge in [0, 0.05) is 18.1 Å². The number of hydrogen-bond acceptors (Lipinski definition) is 1. The van der Waals surface area contributed by atoms with E-state index in [1.807, 2.05) is 13.4 Å². The third-order valence-electron chi connectivity index (χ3n) is 3.85. The zero-order valence-electron chi connectivity index (χ0n) is 13.7. The van der Waals surface area contributed by atoms with Crippen molar-refractivity contribution in [2.45, 2.75) is 27.2 Å². The Hall–Kier alpha value is -1.61. The average Bonchev–Trinajstić information content (AvgIpc) is 2.48. The smallest absolute Gasteiger partial charge is 0.0909 e. The van der Waals surface area contributed by atoms with Crippen LogP contribution in [0.1, 0.15) is 29.2 Å². The quantitative estimate of drug-likeness (QED) is 0.525. The maximum atomic E-state index is 4.55. The highest BCUT2D eigenvalue weighted by Gasteiger charge is 2.06. The number of hydrogen-bond donors (Lipinski definition) is 0. The predicted octanol–water partition coefficient (Wildman–Crippen LogP) is 5.27. The molecule has 0 aromatic heterocycles. The summed E-state index contributed by atoms with van der Waals surface area (Å²) >= 11 is 3.54. The lowest BCUT2D eigenvalue weighted by Crippen LogP contribution is -2.14. The van der Waals surface area contributed by atoms with Gasteiger partial charge in [-0.2, -0.15) is 0 Å². The molecule has 2 aromatic rings. The van der Waals surface area contributed by atoms with Crippen molar-refractivity contribution in [3.8, 4) is 0 Å². The summed E-state index contributed by atoms with van der Waals surface area (Å²) in [6.45, 7) is 7.41. The molecule has 2 aromatic carbocycles. The molecule has 0 unspecified atom stereocenters. The van der Waals surface area contributed by atoms with Crippen molar-refractivity contribution in [1.29, 1.82) is 0 Å². The summed E-state index contributed by atoms with van der Waals surface area (Å²) in [5, 5.41) is 0. The summed E-state index contributed by atoms with van der Waals surface area (Å²) < 4.78 is 1.13. The summed E-state index contributed by atoms with van der Waals surface area (Å²) in [6.07, 6.45) is 2.85. The number of aliphatic imine (C=N–C) groups is 1. The topological polar surface area (TPSA) is 15.6 Å². The molecule has 0 radical (unpaired) electrons. The van der Waals surface area contributed by atoms with E-state index >= 15 is 0 Å². The largest absolute Gasteiger partial charge is 0.366 e. The van der Waals surface area contributed by atoms with Crippen LogP contribution in [0.4, 0.5) is 5.69 Å². The fraction of sp³-hybridized carbons (Fsp3) is 0.316. The first kappa shape index (κ1) is 16.8. The van der Waals surface area contributed by atoms with Gasteiger partial charge < -0.3 is 4.90 Å². The van der Waals surface area contributed by atoms with Crippen LogP contribution in [0.25, 0.3) is 0 Å². The molecule has 2 rings (SSSR count). The summed E-state index contributed by atoms with van der Waals surface area (Å²) in [4.78, 5) is 6.62. The first-order valence-corrected chi connectivity index (χ1v) is 8.38. The molecule has 0 aliphatic rings. The van der Waals surface area contributed by atoms with Crippen LogP contribution in [0.15, 0.2) is 45.9 Å². The third-order valence-corrected chi connectivity index (χ3v) is 4.35. The fourth-order valence-electron chi connectivity index (χ4n) is 2.42. The van der Waals surface area contributed by atoms with E-state index in [2.05, 4.69) is 83.0 Å². The zero-order valence-corrected chi connectivity index (χ0v) is 15.3. The Morgan fingerprint density at radius 3 is 2.41 bits per heavy atom. The number of halogens is 1. The van der Waals surface area contributed by atoms with Gasteiger partial charge >= 0.3 is 0 Å². The van der Waals surface area contributed by atoms with Crippen LogP contribution in [0.2, 0.25) is 0 Å². The Balaban J connectivity index is 2.25. The molecule has 0 aliphatic carbocycles. The molecular formula is C19H23BrN2. The van der Waals surface area contributed by atoms with Crippen molar-refractivity contribution in [2.24, 2.45) is 4.99 Å². The molecule has 0 atom stereocenters. The van der Waals surface area contributed by atoms with E-state index in [-0.39, 0.29) is 0 Å². The fourth-order valence-corrected chi connectivity index (χ4v) is 2.87. The molecule has 116 valence electrons. The molecule has 0 amide bonds. The van der Waals surface area contributed by atoms with E-state index in [1.54, 1.807) is 0 Å². The van der Waals surface area contributed by atoms with Crippen LogP contribution in [0, 0.1) is 13.8 Å². The number of benzene rings is 2. The van der Waals surface area contributed by atoms with Gasteiger partial charge in [0.25, 0.3) is 0 Å². The minimum Gasteiger partial charge on any atom is -0.366 e. The van der Waals surface area contributed by atoms with Gasteiger partial charge in [0.1, 0.15) is 0 Å². The Morgan fingerprint density at radius 1 is 1.14 bits per heavy atom. The van der Waals surface area contributed by atoms with Crippen molar-refractivity contribution in [3.63, 3.8) is 0 Å². The molecule has 0 fully saturated rings. The number of nitrogens with zero attached hydrogens (tertiary/aromatic N) is 2. The van der Waals surface area contributed by atoms with E-state index in [9.17, 15) is 0 Å². The van der Waals surface area contributed by atoms with Crippen LogP contribution in [-0.4, -0.2) is 24.8 Å². The van der Waals surface area contributed by atoms with E-state index in [0.29, 0.717) is 0 Å². The average molecular weight is 359 g/mol. The summed E-state index contributed by atoms with van der Waals surface area (Å²) in [5.41, 5.74) is 6.33. The van der Waals surface area contributed by atoms with Gasteiger partial charge in [-0.05, 0) is 73.7 Å². The number of aryl methyl sites for hydroxylation is 2. The molecule has 22 heavy (non-hydrogen) atoms. The summed E-state index contributed by atoms with van der Waals surface area (Å²) in [7, 11) is 2.03. The van der Waals surface area contributed by atoms with Crippen molar-refractivity contribution >= 4 is 28.0 Å². The summed E-state index contributed by atoms with van der Waals surface area (Å²) in [6, 6.07) is 12.8. The van der Waals surface area contributed by atoms with Crippen LogP contribution in [0.3, 0.4) is 0 Å². The second-order valence-electron chi connectivity index (χ2n) is 5.68. The molecule has 0 heterocycles. The normalized spacial score (nSPS) is 11.1. The maximum absolute atomic E-state index is 4.55. The highest BCUT2D eigenvalue weighted by atomic mass is 79.9. The molecule has 2 nitrogen and oxygen atoms in total. The van der Waals surface area contributed by atoms with Crippen molar-refractivity contribution in [2.75, 3.05) is 13.6 Å². The molecule has 0 saturated carbocycles. The maximum Gasteiger partial charge on any atom is 0.0909 e. The van der Waals surface area contributed by atoms with E-state index in [1.165, 1.54) is 22.3 Å².